The highest BCUT2D eigenvalue weighted by Gasteiger charge is 2.34. The molecule has 3 heterocycles. The van der Waals surface area contributed by atoms with Gasteiger partial charge in [0.2, 0.25) is 0 Å². The highest BCUT2D eigenvalue weighted by atomic mass is 15.2. The fourth-order valence-corrected chi connectivity index (χ4v) is 4.07. The van der Waals surface area contributed by atoms with E-state index in [9.17, 15) is 0 Å². The van der Waals surface area contributed by atoms with Crippen LogP contribution >= 0.6 is 0 Å². The second kappa shape index (κ2) is 6.32. The molecule has 2 fully saturated rings. The standard InChI is InChI=1S/C17H28N4/c1-13-9-17(15(10-18-2)11-19-13)21-8-6-16-14(12-21)5-4-7-20(16)3/h9,11,14,16,18H,4-8,10,12H2,1-3H3. The van der Waals surface area contributed by atoms with Gasteiger partial charge in [-0.2, -0.15) is 0 Å². The van der Waals surface area contributed by atoms with Gasteiger partial charge in [0.15, 0.2) is 0 Å². The van der Waals surface area contributed by atoms with Crippen molar-refractivity contribution >= 4 is 5.69 Å². The van der Waals surface area contributed by atoms with Gasteiger partial charge in [-0.3, -0.25) is 4.98 Å². The molecule has 1 aromatic heterocycles. The molecule has 0 radical (unpaired) electrons. The summed E-state index contributed by atoms with van der Waals surface area (Å²) in [7, 11) is 4.31. The van der Waals surface area contributed by atoms with Crippen LogP contribution in [0.5, 0.6) is 0 Å². The number of piperidine rings is 2. The van der Waals surface area contributed by atoms with Crippen LogP contribution in [0.25, 0.3) is 0 Å². The number of aryl methyl sites for hydroxylation is 1. The van der Waals surface area contributed by atoms with Gasteiger partial charge in [0.05, 0.1) is 0 Å². The normalized spacial score (nSPS) is 26.7. The van der Waals surface area contributed by atoms with Crippen molar-refractivity contribution in [1.82, 2.24) is 15.2 Å². The Bertz CT molecular complexity index is 488. The highest BCUT2D eigenvalue weighted by Crippen LogP contribution is 2.33. The number of likely N-dealkylation sites (tertiary alicyclic amines) is 1. The average molecular weight is 288 g/mol. The Morgan fingerprint density at radius 1 is 1.33 bits per heavy atom. The lowest BCUT2D eigenvalue weighted by Crippen LogP contribution is -2.53. The molecule has 21 heavy (non-hydrogen) atoms. The van der Waals surface area contributed by atoms with Gasteiger partial charge in [-0.25, -0.2) is 0 Å². The SMILES string of the molecule is CNCc1cnc(C)cc1N1CCC2C(CCCN2C)C1. The summed E-state index contributed by atoms with van der Waals surface area (Å²) in [5.41, 5.74) is 3.84. The fraction of sp³-hybridized carbons (Fsp3) is 0.706. The fourth-order valence-electron chi connectivity index (χ4n) is 4.07. The van der Waals surface area contributed by atoms with E-state index < -0.39 is 0 Å². The molecular weight excluding hydrogens is 260 g/mol. The minimum atomic E-state index is 0.797. The molecule has 2 atom stereocenters. The quantitative estimate of drug-likeness (QED) is 0.922. The first-order chi connectivity index (χ1) is 10.2. The van der Waals surface area contributed by atoms with Crippen LogP contribution in [0.3, 0.4) is 0 Å². The van der Waals surface area contributed by atoms with Crippen molar-refractivity contribution in [3.63, 3.8) is 0 Å². The number of hydrogen-bond acceptors (Lipinski definition) is 4. The lowest BCUT2D eigenvalue weighted by Gasteiger charge is -2.47. The lowest BCUT2D eigenvalue weighted by atomic mass is 9.84. The second-order valence-electron chi connectivity index (χ2n) is 6.67. The van der Waals surface area contributed by atoms with Crippen molar-refractivity contribution in [2.75, 3.05) is 38.6 Å². The summed E-state index contributed by atoms with van der Waals surface area (Å²) in [4.78, 5) is 9.65. The van der Waals surface area contributed by atoms with Crippen molar-refractivity contribution in [1.29, 1.82) is 0 Å². The summed E-state index contributed by atoms with van der Waals surface area (Å²) in [6.07, 6.45) is 6.07. The zero-order chi connectivity index (χ0) is 14.8. The van der Waals surface area contributed by atoms with Gasteiger partial charge in [-0.05, 0) is 58.8 Å². The summed E-state index contributed by atoms with van der Waals surface area (Å²) >= 11 is 0. The number of aromatic nitrogens is 1. The van der Waals surface area contributed by atoms with Crippen LogP contribution in [-0.2, 0) is 6.54 Å². The zero-order valence-corrected chi connectivity index (χ0v) is 13.6. The third-order valence-electron chi connectivity index (χ3n) is 5.15. The van der Waals surface area contributed by atoms with Crippen LogP contribution in [0.15, 0.2) is 12.3 Å². The summed E-state index contributed by atoms with van der Waals surface area (Å²) in [6, 6.07) is 3.06. The maximum Gasteiger partial charge on any atom is 0.0445 e. The molecule has 4 nitrogen and oxygen atoms in total. The number of anilines is 1. The summed E-state index contributed by atoms with van der Waals surface area (Å²) in [6.45, 7) is 6.64. The third kappa shape index (κ3) is 3.06. The average Bonchev–Trinajstić information content (AvgIpc) is 2.49. The second-order valence-corrected chi connectivity index (χ2v) is 6.67. The van der Waals surface area contributed by atoms with Gasteiger partial charge in [-0.1, -0.05) is 0 Å². The van der Waals surface area contributed by atoms with Gasteiger partial charge in [-0.15, -0.1) is 0 Å². The molecule has 0 amide bonds. The molecule has 2 aliphatic rings. The van der Waals surface area contributed by atoms with Crippen molar-refractivity contribution in [2.45, 2.75) is 38.8 Å². The third-order valence-corrected chi connectivity index (χ3v) is 5.15. The molecule has 2 unspecified atom stereocenters. The number of rotatable bonds is 3. The molecular formula is C17H28N4. The number of pyridine rings is 1. The van der Waals surface area contributed by atoms with Crippen molar-refractivity contribution in [3.05, 3.63) is 23.5 Å². The smallest absolute Gasteiger partial charge is 0.0445 e. The first-order valence-corrected chi connectivity index (χ1v) is 8.24. The van der Waals surface area contributed by atoms with Crippen molar-refractivity contribution in [2.24, 2.45) is 5.92 Å². The first kappa shape index (κ1) is 14.8. The van der Waals surface area contributed by atoms with Crippen molar-refractivity contribution in [3.8, 4) is 0 Å². The van der Waals surface area contributed by atoms with Gasteiger partial charge >= 0.3 is 0 Å². The minimum Gasteiger partial charge on any atom is -0.371 e. The molecule has 0 bridgehead atoms. The Balaban J connectivity index is 1.80. The molecule has 4 heteroatoms. The molecule has 0 saturated carbocycles. The van der Waals surface area contributed by atoms with Gasteiger partial charge in [0.1, 0.15) is 0 Å². The van der Waals surface area contributed by atoms with E-state index in [-0.39, 0.29) is 0 Å². The van der Waals surface area contributed by atoms with Gasteiger partial charge in [0, 0.05) is 48.8 Å². The number of nitrogens with one attached hydrogen (secondary N) is 1. The maximum absolute atomic E-state index is 4.47. The first-order valence-electron chi connectivity index (χ1n) is 8.24. The lowest BCUT2D eigenvalue weighted by molar-refractivity contribution is 0.102. The van der Waals surface area contributed by atoms with Crippen LogP contribution in [0, 0.1) is 12.8 Å². The van der Waals surface area contributed by atoms with E-state index >= 15 is 0 Å². The zero-order valence-electron chi connectivity index (χ0n) is 13.6. The molecule has 2 aliphatic heterocycles. The Hall–Kier alpha value is -1.13. The van der Waals surface area contributed by atoms with E-state index in [1.165, 1.54) is 50.1 Å². The monoisotopic (exact) mass is 288 g/mol. The van der Waals surface area contributed by atoms with E-state index in [2.05, 4.69) is 40.1 Å². The molecule has 116 valence electrons. The Labute approximate surface area is 128 Å². The van der Waals surface area contributed by atoms with Crippen LogP contribution < -0.4 is 10.2 Å². The van der Waals surface area contributed by atoms with E-state index in [1.807, 2.05) is 13.2 Å². The Morgan fingerprint density at radius 3 is 3.00 bits per heavy atom. The molecule has 0 aliphatic carbocycles. The van der Waals surface area contributed by atoms with Crippen LogP contribution in [0.1, 0.15) is 30.5 Å². The Kier molecular flexibility index (Phi) is 4.45. The summed E-state index contributed by atoms with van der Waals surface area (Å²) < 4.78 is 0. The Morgan fingerprint density at radius 2 is 2.19 bits per heavy atom. The van der Waals surface area contributed by atoms with E-state index in [0.29, 0.717) is 0 Å². The minimum absolute atomic E-state index is 0.797. The van der Waals surface area contributed by atoms with E-state index in [1.54, 1.807) is 0 Å². The predicted octanol–water partition coefficient (Wildman–Crippen LogP) is 2.03. The largest absolute Gasteiger partial charge is 0.371 e. The molecule has 1 N–H and O–H groups in total. The van der Waals surface area contributed by atoms with Crippen LogP contribution in [0.4, 0.5) is 5.69 Å². The van der Waals surface area contributed by atoms with E-state index in [4.69, 9.17) is 0 Å². The van der Waals surface area contributed by atoms with E-state index in [0.717, 1.165) is 24.2 Å². The molecule has 2 saturated heterocycles. The van der Waals surface area contributed by atoms with Crippen LogP contribution in [0.2, 0.25) is 0 Å². The molecule has 0 spiro atoms. The van der Waals surface area contributed by atoms with Crippen molar-refractivity contribution < 1.29 is 0 Å². The summed E-state index contributed by atoms with van der Waals surface area (Å²) in [5, 5.41) is 3.27. The summed E-state index contributed by atoms with van der Waals surface area (Å²) in [5.74, 6) is 0.827. The maximum atomic E-state index is 4.47. The molecule has 1 aromatic rings. The number of nitrogens with zero attached hydrogens (tertiary/aromatic N) is 3. The number of hydrogen-bond donors (Lipinski definition) is 1. The molecule has 0 aromatic carbocycles. The molecule has 3 rings (SSSR count). The van der Waals surface area contributed by atoms with Gasteiger partial charge < -0.3 is 15.1 Å². The topological polar surface area (TPSA) is 31.4 Å². The van der Waals surface area contributed by atoms with Crippen LogP contribution in [-0.4, -0.2) is 49.7 Å². The van der Waals surface area contributed by atoms with Gasteiger partial charge in [0.25, 0.3) is 0 Å². The predicted molar refractivity (Wildman–Crippen MR) is 87.7 cm³/mol. The number of fused-ring (bicyclic) bond motifs is 1. The highest BCUT2D eigenvalue weighted by molar-refractivity contribution is 5.54.